The molecular formula is C18H24N2O3. The number of rotatable bonds is 7. The SMILES string of the molecule is CC(C)N(CCC#N)C(=O)c1ccc(OC[C@@H]2CCCO2)cc1. The maximum atomic E-state index is 12.5. The van der Waals surface area contributed by atoms with Crippen molar-refractivity contribution in [1.82, 2.24) is 4.90 Å². The average molecular weight is 316 g/mol. The lowest BCUT2D eigenvalue weighted by atomic mass is 10.1. The number of carbonyl (C=O) groups excluding carboxylic acids is 1. The molecule has 0 saturated carbocycles. The highest BCUT2D eigenvalue weighted by atomic mass is 16.5. The van der Waals surface area contributed by atoms with Gasteiger partial charge in [0.2, 0.25) is 0 Å². The maximum Gasteiger partial charge on any atom is 0.254 e. The van der Waals surface area contributed by atoms with Gasteiger partial charge in [-0.25, -0.2) is 0 Å². The van der Waals surface area contributed by atoms with Gasteiger partial charge in [-0.15, -0.1) is 0 Å². The molecule has 2 rings (SSSR count). The summed E-state index contributed by atoms with van der Waals surface area (Å²) in [4.78, 5) is 14.2. The van der Waals surface area contributed by atoms with Crippen LogP contribution >= 0.6 is 0 Å². The molecule has 1 aromatic rings. The van der Waals surface area contributed by atoms with Crippen LogP contribution in [-0.4, -0.2) is 42.7 Å². The Morgan fingerprint density at radius 3 is 2.74 bits per heavy atom. The second kappa shape index (κ2) is 8.54. The van der Waals surface area contributed by atoms with Crippen molar-refractivity contribution in [2.24, 2.45) is 0 Å². The molecule has 1 aliphatic heterocycles. The van der Waals surface area contributed by atoms with Crippen LogP contribution in [0.5, 0.6) is 5.75 Å². The third-order valence-electron chi connectivity index (χ3n) is 3.91. The van der Waals surface area contributed by atoms with E-state index >= 15 is 0 Å². The zero-order valence-corrected chi connectivity index (χ0v) is 13.8. The van der Waals surface area contributed by atoms with E-state index < -0.39 is 0 Å². The maximum absolute atomic E-state index is 12.5. The zero-order valence-electron chi connectivity index (χ0n) is 13.8. The molecule has 23 heavy (non-hydrogen) atoms. The molecule has 1 fully saturated rings. The Morgan fingerprint density at radius 1 is 1.43 bits per heavy atom. The molecule has 1 atom stereocenters. The van der Waals surface area contributed by atoms with E-state index in [1.807, 2.05) is 26.0 Å². The van der Waals surface area contributed by atoms with E-state index in [0.29, 0.717) is 25.1 Å². The summed E-state index contributed by atoms with van der Waals surface area (Å²) in [6, 6.07) is 9.31. The minimum atomic E-state index is -0.0547. The number of hydrogen-bond donors (Lipinski definition) is 0. The van der Waals surface area contributed by atoms with Crippen LogP contribution in [0, 0.1) is 11.3 Å². The quantitative estimate of drug-likeness (QED) is 0.776. The van der Waals surface area contributed by atoms with Gasteiger partial charge in [-0.1, -0.05) is 0 Å². The smallest absolute Gasteiger partial charge is 0.254 e. The number of carbonyl (C=O) groups is 1. The molecule has 0 radical (unpaired) electrons. The van der Waals surface area contributed by atoms with E-state index in [0.717, 1.165) is 25.2 Å². The van der Waals surface area contributed by atoms with Crippen LogP contribution in [0.25, 0.3) is 0 Å². The van der Waals surface area contributed by atoms with Crippen LogP contribution in [0.1, 0.15) is 43.5 Å². The highest BCUT2D eigenvalue weighted by Crippen LogP contribution is 2.18. The van der Waals surface area contributed by atoms with Crippen molar-refractivity contribution in [2.75, 3.05) is 19.8 Å². The molecule has 1 heterocycles. The molecular weight excluding hydrogens is 292 g/mol. The lowest BCUT2D eigenvalue weighted by molar-refractivity contribution is 0.0677. The molecule has 0 aliphatic carbocycles. The largest absolute Gasteiger partial charge is 0.491 e. The third-order valence-corrected chi connectivity index (χ3v) is 3.91. The van der Waals surface area contributed by atoms with Gasteiger partial charge in [0.1, 0.15) is 12.4 Å². The van der Waals surface area contributed by atoms with Crippen molar-refractivity contribution in [3.8, 4) is 11.8 Å². The Labute approximate surface area is 137 Å². The summed E-state index contributed by atoms with van der Waals surface area (Å²) < 4.78 is 11.2. The number of ether oxygens (including phenoxy) is 2. The Bertz CT molecular complexity index is 542. The third kappa shape index (κ3) is 4.97. The Morgan fingerprint density at radius 2 is 2.17 bits per heavy atom. The lowest BCUT2D eigenvalue weighted by Crippen LogP contribution is -2.37. The van der Waals surface area contributed by atoms with E-state index in [1.54, 1.807) is 17.0 Å². The minimum absolute atomic E-state index is 0.0547. The normalized spacial score (nSPS) is 17.0. The van der Waals surface area contributed by atoms with Crippen molar-refractivity contribution in [2.45, 2.75) is 45.3 Å². The number of nitrogens with zero attached hydrogens (tertiary/aromatic N) is 2. The second-order valence-corrected chi connectivity index (χ2v) is 5.97. The predicted octanol–water partition coefficient (Wildman–Crippen LogP) is 3.01. The van der Waals surface area contributed by atoms with Crippen LogP contribution in [0.3, 0.4) is 0 Å². The summed E-state index contributed by atoms with van der Waals surface area (Å²) in [6.07, 6.45) is 2.65. The van der Waals surface area contributed by atoms with Gasteiger partial charge in [0, 0.05) is 24.8 Å². The molecule has 0 bridgehead atoms. The Hall–Kier alpha value is -2.06. The molecule has 0 N–H and O–H groups in total. The van der Waals surface area contributed by atoms with Crippen molar-refractivity contribution in [3.05, 3.63) is 29.8 Å². The van der Waals surface area contributed by atoms with Gasteiger partial charge < -0.3 is 14.4 Å². The van der Waals surface area contributed by atoms with Gasteiger partial charge >= 0.3 is 0 Å². The van der Waals surface area contributed by atoms with E-state index in [1.165, 1.54) is 0 Å². The molecule has 1 saturated heterocycles. The standard InChI is InChI=1S/C18H24N2O3/c1-14(2)20(11-4-10-19)18(21)15-6-8-16(9-7-15)23-13-17-5-3-12-22-17/h6-9,14,17H,3-5,11-13H2,1-2H3/t17-/m0/s1. The summed E-state index contributed by atoms with van der Waals surface area (Å²) in [5.41, 5.74) is 0.612. The number of nitriles is 1. The summed E-state index contributed by atoms with van der Waals surface area (Å²) in [7, 11) is 0. The van der Waals surface area contributed by atoms with Crippen LogP contribution < -0.4 is 4.74 Å². The highest BCUT2D eigenvalue weighted by molar-refractivity contribution is 5.94. The van der Waals surface area contributed by atoms with E-state index in [9.17, 15) is 4.79 Å². The molecule has 0 aromatic heterocycles. The van der Waals surface area contributed by atoms with Crippen molar-refractivity contribution in [1.29, 1.82) is 5.26 Å². The van der Waals surface area contributed by atoms with Crippen molar-refractivity contribution in [3.63, 3.8) is 0 Å². The minimum Gasteiger partial charge on any atom is -0.491 e. The summed E-state index contributed by atoms with van der Waals surface area (Å²) >= 11 is 0. The van der Waals surface area contributed by atoms with Gasteiger partial charge in [-0.2, -0.15) is 5.26 Å². The van der Waals surface area contributed by atoms with Crippen LogP contribution in [0.4, 0.5) is 0 Å². The van der Waals surface area contributed by atoms with Crippen molar-refractivity contribution < 1.29 is 14.3 Å². The fraction of sp³-hybridized carbons (Fsp3) is 0.556. The molecule has 5 heteroatoms. The first-order valence-corrected chi connectivity index (χ1v) is 8.14. The first-order valence-electron chi connectivity index (χ1n) is 8.14. The van der Waals surface area contributed by atoms with E-state index in [4.69, 9.17) is 14.7 Å². The van der Waals surface area contributed by atoms with E-state index in [2.05, 4.69) is 6.07 Å². The molecule has 0 unspecified atom stereocenters. The lowest BCUT2D eigenvalue weighted by Gasteiger charge is -2.26. The topological polar surface area (TPSA) is 62.6 Å². The fourth-order valence-corrected chi connectivity index (χ4v) is 2.59. The van der Waals surface area contributed by atoms with Gasteiger partial charge in [-0.3, -0.25) is 4.79 Å². The Kier molecular flexibility index (Phi) is 6.42. The predicted molar refractivity (Wildman–Crippen MR) is 87.3 cm³/mol. The summed E-state index contributed by atoms with van der Waals surface area (Å²) in [5, 5.41) is 8.72. The molecule has 1 aliphatic rings. The first-order chi connectivity index (χ1) is 11.1. The van der Waals surface area contributed by atoms with Crippen LogP contribution in [-0.2, 0) is 4.74 Å². The zero-order chi connectivity index (χ0) is 16.7. The number of amides is 1. The van der Waals surface area contributed by atoms with Gasteiger partial charge in [0.15, 0.2) is 0 Å². The molecule has 1 aromatic carbocycles. The van der Waals surface area contributed by atoms with Crippen LogP contribution in [0.15, 0.2) is 24.3 Å². The van der Waals surface area contributed by atoms with Crippen molar-refractivity contribution >= 4 is 5.91 Å². The molecule has 124 valence electrons. The van der Waals surface area contributed by atoms with Gasteiger partial charge in [-0.05, 0) is 51.0 Å². The fourth-order valence-electron chi connectivity index (χ4n) is 2.59. The van der Waals surface area contributed by atoms with Crippen LogP contribution in [0.2, 0.25) is 0 Å². The summed E-state index contributed by atoms with van der Waals surface area (Å²) in [6.45, 7) is 5.72. The Balaban J connectivity index is 1.94. The first kappa shape index (κ1) is 17.3. The molecule has 5 nitrogen and oxygen atoms in total. The molecule has 1 amide bonds. The average Bonchev–Trinajstić information content (AvgIpc) is 3.07. The monoisotopic (exact) mass is 316 g/mol. The second-order valence-electron chi connectivity index (χ2n) is 5.97. The number of benzene rings is 1. The molecule has 0 spiro atoms. The van der Waals surface area contributed by atoms with Gasteiger partial charge in [0.05, 0.1) is 18.6 Å². The summed E-state index contributed by atoms with van der Waals surface area (Å²) in [5.74, 6) is 0.686. The van der Waals surface area contributed by atoms with Gasteiger partial charge in [0.25, 0.3) is 5.91 Å². The number of hydrogen-bond acceptors (Lipinski definition) is 4. The van der Waals surface area contributed by atoms with E-state index in [-0.39, 0.29) is 18.1 Å². The highest BCUT2D eigenvalue weighted by Gasteiger charge is 2.19.